The summed E-state index contributed by atoms with van der Waals surface area (Å²) in [4.78, 5) is 0. The maximum atomic E-state index is 4.23. The fraction of sp³-hybridized carbons (Fsp3) is 0.833. The van der Waals surface area contributed by atoms with Gasteiger partial charge in [-0.25, -0.2) is 0 Å². The van der Waals surface area contributed by atoms with Crippen molar-refractivity contribution in [1.82, 2.24) is 0 Å². The van der Waals surface area contributed by atoms with Crippen molar-refractivity contribution in [2.24, 2.45) is 17.3 Å². The predicted octanol–water partition coefficient (Wildman–Crippen LogP) is 4.02. The number of hydrogen-bond acceptors (Lipinski definition) is 0. The normalized spacial score (nSPS) is 39.7. The maximum absolute atomic E-state index is 4.23. The van der Waals surface area contributed by atoms with Crippen molar-refractivity contribution in [3.8, 4) is 0 Å². The van der Waals surface area contributed by atoms with Crippen LogP contribution >= 0.6 is 0 Å². The molecule has 0 bridgehead atoms. The molecule has 0 N–H and O–H groups in total. The van der Waals surface area contributed by atoms with Crippen LogP contribution in [0, 0.1) is 17.3 Å². The molecule has 12 heavy (non-hydrogen) atoms. The molecule has 2 unspecified atom stereocenters. The molecule has 0 aromatic carbocycles. The van der Waals surface area contributed by atoms with E-state index in [2.05, 4.69) is 34.3 Å². The minimum atomic E-state index is 0.481. The molecule has 70 valence electrons. The van der Waals surface area contributed by atoms with Crippen molar-refractivity contribution < 1.29 is 0 Å². The van der Waals surface area contributed by atoms with E-state index >= 15 is 0 Å². The van der Waals surface area contributed by atoms with E-state index in [1.165, 1.54) is 24.8 Å². The largest absolute Gasteiger partial charge is 0.0993 e. The molecular weight excluding hydrogens is 144 g/mol. The van der Waals surface area contributed by atoms with Crippen LogP contribution in [0.5, 0.6) is 0 Å². The van der Waals surface area contributed by atoms with Gasteiger partial charge in [-0.1, -0.05) is 46.3 Å². The van der Waals surface area contributed by atoms with Crippen molar-refractivity contribution in [2.45, 2.75) is 47.0 Å². The lowest BCUT2D eigenvalue weighted by molar-refractivity contribution is 0.555. The highest BCUT2D eigenvalue weighted by molar-refractivity contribution is 5.23. The lowest BCUT2D eigenvalue weighted by Gasteiger charge is -2.14. The number of rotatable bonds is 4. The zero-order valence-corrected chi connectivity index (χ0v) is 8.98. The first kappa shape index (κ1) is 9.83. The summed E-state index contributed by atoms with van der Waals surface area (Å²) < 4.78 is 0. The molecule has 0 nitrogen and oxygen atoms in total. The Labute approximate surface area is 77.1 Å². The van der Waals surface area contributed by atoms with Crippen LogP contribution in [-0.2, 0) is 0 Å². The Bertz CT molecular complexity index is 170. The first-order chi connectivity index (χ1) is 5.55. The molecule has 1 saturated carbocycles. The third-order valence-electron chi connectivity index (χ3n) is 4.13. The van der Waals surface area contributed by atoms with Crippen LogP contribution in [-0.4, -0.2) is 0 Å². The van der Waals surface area contributed by atoms with Crippen LogP contribution in [0.1, 0.15) is 47.0 Å². The van der Waals surface area contributed by atoms with Gasteiger partial charge in [0.15, 0.2) is 0 Å². The van der Waals surface area contributed by atoms with Crippen LogP contribution in [0.2, 0.25) is 0 Å². The molecule has 2 atom stereocenters. The molecule has 1 rings (SSSR count). The molecular formula is C12H22. The fourth-order valence-corrected chi connectivity index (χ4v) is 2.29. The van der Waals surface area contributed by atoms with Crippen LogP contribution in [0.3, 0.4) is 0 Å². The molecule has 0 aromatic rings. The molecule has 0 aromatic heterocycles. The van der Waals surface area contributed by atoms with Crippen LogP contribution < -0.4 is 0 Å². The number of allylic oxidation sites excluding steroid dienone is 1. The smallest absolute Gasteiger partial charge is 0.00622 e. The minimum Gasteiger partial charge on any atom is -0.0993 e. The van der Waals surface area contributed by atoms with Gasteiger partial charge in [-0.2, -0.15) is 0 Å². The molecule has 0 amide bonds. The third-order valence-corrected chi connectivity index (χ3v) is 4.13. The van der Waals surface area contributed by atoms with E-state index in [0.717, 1.165) is 11.8 Å². The standard InChI is InChI=1S/C12H22/c1-6-7-8-9(2)12(5)10(3)11(12)4/h10-11H,2,6-8H2,1,3-5H3. The van der Waals surface area contributed by atoms with Gasteiger partial charge in [0.1, 0.15) is 0 Å². The number of unbranched alkanes of at least 4 members (excludes halogenated alkanes) is 1. The van der Waals surface area contributed by atoms with E-state index in [-0.39, 0.29) is 0 Å². The SMILES string of the molecule is C=C(CCCC)C1(C)C(C)C1C. The van der Waals surface area contributed by atoms with Crippen LogP contribution in [0.25, 0.3) is 0 Å². The van der Waals surface area contributed by atoms with Gasteiger partial charge in [-0.15, -0.1) is 0 Å². The van der Waals surface area contributed by atoms with E-state index in [1.54, 1.807) is 0 Å². The summed E-state index contributed by atoms with van der Waals surface area (Å²) in [5, 5.41) is 0. The second kappa shape index (κ2) is 3.24. The summed E-state index contributed by atoms with van der Waals surface area (Å²) >= 11 is 0. The highest BCUT2D eigenvalue weighted by Crippen LogP contribution is 2.62. The lowest BCUT2D eigenvalue weighted by Crippen LogP contribution is -2.02. The Morgan fingerprint density at radius 2 is 1.83 bits per heavy atom. The van der Waals surface area contributed by atoms with Gasteiger partial charge in [0.05, 0.1) is 0 Å². The highest BCUT2D eigenvalue weighted by atomic mass is 14.6. The second-order valence-corrected chi connectivity index (χ2v) is 4.57. The van der Waals surface area contributed by atoms with Gasteiger partial charge in [0, 0.05) is 0 Å². The van der Waals surface area contributed by atoms with E-state index < -0.39 is 0 Å². The first-order valence-electron chi connectivity index (χ1n) is 5.23. The van der Waals surface area contributed by atoms with Crippen molar-refractivity contribution in [3.63, 3.8) is 0 Å². The van der Waals surface area contributed by atoms with Gasteiger partial charge in [-0.05, 0) is 30.1 Å². The Morgan fingerprint density at radius 1 is 1.33 bits per heavy atom. The summed E-state index contributed by atoms with van der Waals surface area (Å²) in [7, 11) is 0. The van der Waals surface area contributed by atoms with E-state index in [9.17, 15) is 0 Å². The fourth-order valence-electron chi connectivity index (χ4n) is 2.29. The molecule has 0 radical (unpaired) electrons. The summed E-state index contributed by atoms with van der Waals surface area (Å²) in [6, 6.07) is 0. The Hall–Kier alpha value is -0.260. The molecule has 0 heterocycles. The van der Waals surface area contributed by atoms with Crippen molar-refractivity contribution in [2.75, 3.05) is 0 Å². The molecule has 1 aliphatic rings. The van der Waals surface area contributed by atoms with Gasteiger partial charge < -0.3 is 0 Å². The summed E-state index contributed by atoms with van der Waals surface area (Å²) in [5.74, 6) is 1.73. The van der Waals surface area contributed by atoms with Crippen molar-refractivity contribution in [3.05, 3.63) is 12.2 Å². The second-order valence-electron chi connectivity index (χ2n) is 4.57. The Balaban J connectivity index is 2.44. The Morgan fingerprint density at radius 3 is 2.17 bits per heavy atom. The zero-order chi connectivity index (χ0) is 9.35. The Kier molecular flexibility index (Phi) is 2.65. The quantitative estimate of drug-likeness (QED) is 0.553. The van der Waals surface area contributed by atoms with E-state index in [4.69, 9.17) is 0 Å². The average Bonchev–Trinajstić information content (AvgIpc) is 2.54. The summed E-state index contributed by atoms with van der Waals surface area (Å²) in [5.41, 5.74) is 1.97. The third kappa shape index (κ3) is 1.32. The van der Waals surface area contributed by atoms with Crippen LogP contribution in [0.15, 0.2) is 12.2 Å². The van der Waals surface area contributed by atoms with E-state index in [1.807, 2.05) is 0 Å². The first-order valence-corrected chi connectivity index (χ1v) is 5.23. The van der Waals surface area contributed by atoms with Gasteiger partial charge in [0.2, 0.25) is 0 Å². The summed E-state index contributed by atoms with van der Waals surface area (Å²) in [6.07, 6.45) is 3.84. The van der Waals surface area contributed by atoms with Gasteiger partial charge in [-0.3, -0.25) is 0 Å². The topological polar surface area (TPSA) is 0 Å². The molecule has 1 fully saturated rings. The number of hydrogen-bond donors (Lipinski definition) is 0. The molecule has 0 heteroatoms. The van der Waals surface area contributed by atoms with Crippen molar-refractivity contribution >= 4 is 0 Å². The van der Waals surface area contributed by atoms with Gasteiger partial charge >= 0.3 is 0 Å². The van der Waals surface area contributed by atoms with E-state index in [0.29, 0.717) is 5.41 Å². The average molecular weight is 166 g/mol. The lowest BCUT2D eigenvalue weighted by atomic mass is 9.91. The molecule has 1 aliphatic carbocycles. The maximum Gasteiger partial charge on any atom is -0.00622 e. The zero-order valence-electron chi connectivity index (χ0n) is 8.98. The highest BCUT2D eigenvalue weighted by Gasteiger charge is 2.56. The van der Waals surface area contributed by atoms with Gasteiger partial charge in [0.25, 0.3) is 0 Å². The molecule has 0 spiro atoms. The van der Waals surface area contributed by atoms with Crippen molar-refractivity contribution in [1.29, 1.82) is 0 Å². The predicted molar refractivity (Wildman–Crippen MR) is 55.1 cm³/mol. The van der Waals surface area contributed by atoms with Crippen LogP contribution in [0.4, 0.5) is 0 Å². The molecule has 0 saturated heterocycles. The minimum absolute atomic E-state index is 0.481. The summed E-state index contributed by atoms with van der Waals surface area (Å²) in [6.45, 7) is 13.5. The molecule has 0 aliphatic heterocycles. The monoisotopic (exact) mass is 166 g/mol.